The molecule has 0 spiro atoms. The Bertz CT molecular complexity index is 401. The van der Waals surface area contributed by atoms with Gasteiger partial charge in [-0.1, -0.05) is 11.6 Å². The number of fused-ring (bicyclic) bond motifs is 1. The first-order chi connectivity index (χ1) is 5.68. The van der Waals surface area contributed by atoms with Crippen LogP contribution in [0.4, 0.5) is 0 Å². The van der Waals surface area contributed by atoms with Crippen LogP contribution in [0.3, 0.4) is 0 Å². The summed E-state index contributed by atoms with van der Waals surface area (Å²) < 4.78 is 2.96. The summed E-state index contributed by atoms with van der Waals surface area (Å²) in [5.41, 5.74) is 0.850. The van der Waals surface area contributed by atoms with Crippen molar-refractivity contribution in [3.63, 3.8) is 0 Å². The zero-order valence-corrected chi connectivity index (χ0v) is 10.4. The Labute approximate surface area is 95.0 Å². The van der Waals surface area contributed by atoms with Gasteiger partial charge in [0.1, 0.15) is 5.52 Å². The van der Waals surface area contributed by atoms with Crippen LogP contribution in [-0.2, 0) is 0 Å². The Balaban J connectivity index is 2.93. The lowest BCUT2D eigenvalue weighted by Crippen LogP contribution is -1.71. The lowest BCUT2D eigenvalue weighted by atomic mass is 10.3. The molecule has 1 nitrogen and oxygen atoms in total. The average molecular weight is 327 g/mol. The Morgan fingerprint density at radius 1 is 1.33 bits per heavy atom. The molecule has 5 heteroatoms. The van der Waals surface area contributed by atoms with Gasteiger partial charge in [-0.2, -0.15) is 0 Å². The van der Waals surface area contributed by atoms with Gasteiger partial charge in [0, 0.05) is 4.47 Å². The summed E-state index contributed by atoms with van der Waals surface area (Å²) in [5.74, 6) is 0. The van der Waals surface area contributed by atoms with E-state index in [1.165, 1.54) is 0 Å². The van der Waals surface area contributed by atoms with E-state index in [0.717, 1.165) is 18.6 Å². The minimum atomic E-state index is 0.690. The molecular formula is C7H2Br2ClNS. The first-order valence-corrected chi connectivity index (χ1v) is 5.86. The largest absolute Gasteiger partial charge is 0.227 e. The molecule has 12 heavy (non-hydrogen) atoms. The molecule has 2 rings (SSSR count). The highest BCUT2D eigenvalue weighted by Gasteiger charge is 2.07. The van der Waals surface area contributed by atoms with Gasteiger partial charge in [0.25, 0.3) is 0 Å². The third kappa shape index (κ3) is 1.41. The van der Waals surface area contributed by atoms with Crippen molar-refractivity contribution in [2.75, 3.05) is 0 Å². The third-order valence-corrected chi connectivity index (χ3v) is 4.19. The maximum absolute atomic E-state index is 5.94. The fraction of sp³-hybridized carbons (Fsp3) is 0. The lowest BCUT2D eigenvalue weighted by molar-refractivity contribution is 1.45. The zero-order valence-electron chi connectivity index (χ0n) is 5.64. The molecule has 1 aromatic heterocycles. The van der Waals surface area contributed by atoms with Crippen LogP contribution in [0.1, 0.15) is 0 Å². The monoisotopic (exact) mass is 325 g/mol. The summed E-state index contributed by atoms with van der Waals surface area (Å²) >= 11 is 14.3. The quantitative estimate of drug-likeness (QED) is 0.695. The maximum Gasteiger partial charge on any atom is 0.160 e. The minimum Gasteiger partial charge on any atom is -0.227 e. The number of hydrogen-bond donors (Lipinski definition) is 0. The summed E-state index contributed by atoms with van der Waals surface area (Å²) in [6.45, 7) is 0. The van der Waals surface area contributed by atoms with Gasteiger partial charge in [-0.3, -0.25) is 0 Å². The SMILES string of the molecule is Clc1ccc(Br)c2sc(Br)nc12. The summed E-state index contributed by atoms with van der Waals surface area (Å²) in [7, 11) is 0. The number of thiazole rings is 1. The van der Waals surface area contributed by atoms with E-state index in [1.54, 1.807) is 11.3 Å². The predicted molar refractivity (Wildman–Crippen MR) is 60.0 cm³/mol. The maximum atomic E-state index is 5.94. The Morgan fingerprint density at radius 2 is 2.08 bits per heavy atom. The number of rotatable bonds is 0. The summed E-state index contributed by atoms with van der Waals surface area (Å²) in [6, 6.07) is 3.76. The highest BCUT2D eigenvalue weighted by atomic mass is 79.9. The van der Waals surface area contributed by atoms with E-state index in [9.17, 15) is 0 Å². The van der Waals surface area contributed by atoms with Crippen LogP contribution in [0.15, 0.2) is 20.5 Å². The number of halogens is 3. The smallest absolute Gasteiger partial charge is 0.160 e. The van der Waals surface area contributed by atoms with Gasteiger partial charge in [0.15, 0.2) is 3.92 Å². The normalized spacial score (nSPS) is 10.9. The molecular weight excluding hydrogens is 325 g/mol. The average Bonchev–Trinajstić information content (AvgIpc) is 2.41. The van der Waals surface area contributed by atoms with Crippen molar-refractivity contribution in [3.05, 3.63) is 25.5 Å². The molecule has 0 atom stereocenters. The standard InChI is InChI=1S/C7H2Br2ClNS/c8-3-1-2-4(10)5-6(3)12-7(9)11-5/h1-2H. The molecule has 0 fully saturated rings. The second-order valence-electron chi connectivity index (χ2n) is 2.17. The molecule has 0 saturated carbocycles. The third-order valence-electron chi connectivity index (χ3n) is 1.42. The van der Waals surface area contributed by atoms with Gasteiger partial charge >= 0.3 is 0 Å². The molecule has 0 aliphatic carbocycles. The van der Waals surface area contributed by atoms with E-state index in [-0.39, 0.29) is 0 Å². The Kier molecular flexibility index (Phi) is 2.42. The van der Waals surface area contributed by atoms with Crippen LogP contribution >= 0.6 is 54.8 Å². The van der Waals surface area contributed by atoms with Crippen molar-refractivity contribution in [2.45, 2.75) is 0 Å². The molecule has 0 saturated heterocycles. The highest BCUT2D eigenvalue weighted by molar-refractivity contribution is 9.11. The van der Waals surface area contributed by atoms with E-state index >= 15 is 0 Å². The molecule has 0 aliphatic rings. The second kappa shape index (κ2) is 3.25. The van der Waals surface area contributed by atoms with Crippen molar-refractivity contribution < 1.29 is 0 Å². The molecule has 1 heterocycles. The highest BCUT2D eigenvalue weighted by Crippen LogP contribution is 2.35. The fourth-order valence-corrected chi connectivity index (χ4v) is 3.12. The summed E-state index contributed by atoms with van der Waals surface area (Å²) in [4.78, 5) is 4.25. The van der Waals surface area contributed by atoms with E-state index in [1.807, 2.05) is 12.1 Å². The lowest BCUT2D eigenvalue weighted by Gasteiger charge is -1.92. The van der Waals surface area contributed by atoms with Gasteiger partial charge < -0.3 is 0 Å². The zero-order chi connectivity index (χ0) is 8.72. The number of benzene rings is 1. The van der Waals surface area contributed by atoms with Gasteiger partial charge in [-0.15, -0.1) is 11.3 Å². The number of nitrogens with zero attached hydrogens (tertiary/aromatic N) is 1. The van der Waals surface area contributed by atoms with Crippen LogP contribution in [0, 0.1) is 0 Å². The van der Waals surface area contributed by atoms with Crippen molar-refractivity contribution in [2.24, 2.45) is 0 Å². The van der Waals surface area contributed by atoms with Crippen LogP contribution in [0.25, 0.3) is 10.2 Å². The fourth-order valence-electron chi connectivity index (χ4n) is 0.919. The van der Waals surface area contributed by atoms with E-state index in [0.29, 0.717) is 5.02 Å². The predicted octanol–water partition coefficient (Wildman–Crippen LogP) is 4.47. The van der Waals surface area contributed by atoms with Crippen molar-refractivity contribution in [1.29, 1.82) is 0 Å². The van der Waals surface area contributed by atoms with Crippen LogP contribution < -0.4 is 0 Å². The van der Waals surface area contributed by atoms with Crippen LogP contribution in [0.2, 0.25) is 5.02 Å². The molecule has 0 amide bonds. The molecule has 1 aromatic carbocycles. The molecule has 0 N–H and O–H groups in total. The topological polar surface area (TPSA) is 12.9 Å². The minimum absolute atomic E-state index is 0.690. The second-order valence-corrected chi connectivity index (χ2v) is 5.71. The molecule has 0 aliphatic heterocycles. The van der Waals surface area contributed by atoms with Crippen molar-refractivity contribution >= 4 is 65.0 Å². The van der Waals surface area contributed by atoms with E-state index < -0.39 is 0 Å². The van der Waals surface area contributed by atoms with E-state index in [4.69, 9.17) is 11.6 Å². The Morgan fingerprint density at radius 3 is 2.75 bits per heavy atom. The van der Waals surface area contributed by atoms with Gasteiger partial charge in [0.2, 0.25) is 0 Å². The van der Waals surface area contributed by atoms with Crippen LogP contribution in [-0.4, -0.2) is 4.98 Å². The molecule has 0 radical (unpaired) electrons. The summed E-state index contributed by atoms with van der Waals surface area (Å²) in [6.07, 6.45) is 0. The van der Waals surface area contributed by atoms with E-state index in [2.05, 4.69) is 36.8 Å². The molecule has 0 unspecified atom stereocenters. The number of aromatic nitrogens is 1. The molecule has 2 aromatic rings. The number of hydrogen-bond acceptors (Lipinski definition) is 2. The van der Waals surface area contributed by atoms with Gasteiger partial charge in [-0.05, 0) is 44.0 Å². The first-order valence-electron chi connectivity index (χ1n) is 3.08. The summed E-state index contributed by atoms with van der Waals surface area (Å²) in [5, 5.41) is 0.690. The van der Waals surface area contributed by atoms with Gasteiger partial charge in [0.05, 0.1) is 9.72 Å². The van der Waals surface area contributed by atoms with Crippen molar-refractivity contribution in [1.82, 2.24) is 4.98 Å². The van der Waals surface area contributed by atoms with Crippen LogP contribution in [0.5, 0.6) is 0 Å². The Hall–Kier alpha value is 0.360. The molecule has 62 valence electrons. The van der Waals surface area contributed by atoms with Crippen molar-refractivity contribution in [3.8, 4) is 0 Å². The van der Waals surface area contributed by atoms with Gasteiger partial charge in [-0.25, -0.2) is 4.98 Å². The molecule has 0 bridgehead atoms. The first kappa shape index (κ1) is 8.94.